The zero-order chi connectivity index (χ0) is 68.6. The quantitative estimate of drug-likeness (QED) is 0.0584. The molecule has 0 spiro atoms. The van der Waals surface area contributed by atoms with Gasteiger partial charge in [0.25, 0.3) is 0 Å². The van der Waals surface area contributed by atoms with E-state index in [0.717, 1.165) is 48.2 Å². The van der Waals surface area contributed by atoms with Crippen molar-refractivity contribution in [3.05, 3.63) is 183 Å². The van der Waals surface area contributed by atoms with E-state index in [-0.39, 0.29) is 37.4 Å². The number of piperazine rings is 2. The number of aliphatic imine (C=N–C) groups is 2. The second-order valence-electron chi connectivity index (χ2n) is 25.5. The van der Waals surface area contributed by atoms with Crippen molar-refractivity contribution in [3.8, 4) is 0 Å². The molecule has 14 rings (SSSR count). The Bertz CT molecular complexity index is 3920. The molecule has 2 aromatic heterocycles. The number of ether oxygens (including phenoxy) is 2. The number of amides is 4. The Morgan fingerprint density at radius 1 is 0.612 bits per heavy atom. The van der Waals surface area contributed by atoms with Gasteiger partial charge in [0.15, 0.2) is 21.7 Å². The molecular weight excluding hydrogens is 1400 g/mol. The maximum Gasteiger partial charge on any atom is 0.338 e. The number of anilines is 2. The van der Waals surface area contributed by atoms with Gasteiger partial charge in [-0.3, -0.25) is 39.2 Å². The molecule has 8 aliphatic rings. The number of halogens is 4. The van der Waals surface area contributed by atoms with Gasteiger partial charge < -0.3 is 40.1 Å². The number of thiazole rings is 2. The minimum absolute atomic E-state index is 0.0657. The summed E-state index contributed by atoms with van der Waals surface area (Å²) in [5.74, 6) is -1.96. The fraction of sp³-hybridized carbons (Fsp3) is 0.400. The number of hydrogen-bond donors (Lipinski definition) is 4. The Morgan fingerprint density at radius 3 is 1.45 bits per heavy atom. The van der Waals surface area contributed by atoms with Gasteiger partial charge >= 0.3 is 35.9 Å². The van der Waals surface area contributed by atoms with Crippen molar-refractivity contribution in [1.29, 1.82) is 0 Å². The van der Waals surface area contributed by atoms with E-state index in [1.807, 2.05) is 69.1 Å². The summed E-state index contributed by atoms with van der Waals surface area (Å²) in [6.45, 7) is 8.92. The molecule has 8 heterocycles. The van der Waals surface area contributed by atoms with Gasteiger partial charge in [-0.15, -0.1) is 22.7 Å². The Kier molecular flexibility index (Phi) is 20.2. The molecule has 6 fully saturated rings. The minimum Gasteiger partial charge on any atom is -0.481 e. The average molecular weight is 1480 g/mol. The number of carbonyl (C=O) groups excluding carboxylic acids is 4. The van der Waals surface area contributed by atoms with Gasteiger partial charge in [-0.2, -0.15) is 0 Å². The highest BCUT2D eigenvalue weighted by molar-refractivity contribution is 9.10. The molecule has 4 N–H and O–H groups in total. The van der Waals surface area contributed by atoms with Crippen molar-refractivity contribution >= 4 is 121 Å². The summed E-state index contributed by atoms with van der Waals surface area (Å²) in [5, 5.41) is 32.7. The van der Waals surface area contributed by atoms with Crippen molar-refractivity contribution in [1.82, 2.24) is 40.2 Å². The number of rotatable bonds is 18. The zero-order valence-corrected chi connectivity index (χ0v) is 58.5. The monoisotopic (exact) mass is 1470 g/mol. The van der Waals surface area contributed by atoms with Crippen molar-refractivity contribution in [2.45, 2.75) is 100 Å². The first-order valence-electron chi connectivity index (χ1n) is 32.8. The van der Waals surface area contributed by atoms with Crippen LogP contribution >= 0.6 is 61.8 Å². The predicted octanol–water partition coefficient (Wildman–Crippen LogP) is 11.4. The Hall–Kier alpha value is -8.11. The van der Waals surface area contributed by atoms with E-state index in [9.17, 15) is 43.4 Å². The van der Waals surface area contributed by atoms with Crippen LogP contribution < -0.4 is 20.4 Å². The first-order chi connectivity index (χ1) is 47.4. The standard InChI is InChI=1S/C35H36BrFN6O5S.C35H36Cl2N6O5S/c1-2-48-32(44)28-27(39-30(31-38-13-16-49-31)40-29(28)25-10-7-22(37)17-26(25)36)20-41-14-15-42-24(18-41)19-43(34(42)47)23-8-5-21(6-9-23)35(33(45)46)11-3-4-12-35;1-2-48-32(44)28-27(39-30(31-38-13-16-49-31)40-29(28)25-10-7-22(36)17-26(25)37)20-41-14-15-42-24(18-41)19-43(34(42)47)23-8-5-21(6-9-23)35(33(45)46)11-3-4-12-35/h2*5-10,13,16-17,24,29H,2-4,11-12,14-15,18-20H2,1H3,(H,39,40)(H,45,46)/t2*24-,29-/m00/s1. The molecule has 6 aromatic rings. The van der Waals surface area contributed by atoms with E-state index in [1.54, 1.807) is 60.3 Å². The molecule has 4 atom stereocenters. The summed E-state index contributed by atoms with van der Waals surface area (Å²) in [6, 6.07) is 22.5. The van der Waals surface area contributed by atoms with Crippen LogP contribution in [0.1, 0.15) is 110 Å². The number of nitrogens with one attached hydrogen (secondary N) is 2. The Balaban J connectivity index is 0.000000176. The first kappa shape index (κ1) is 68.4. The smallest absolute Gasteiger partial charge is 0.338 e. The molecule has 6 aliphatic heterocycles. The number of aliphatic carboxylic acids is 2. The number of nitrogens with zero attached hydrogens (tertiary/aromatic N) is 10. The number of carboxylic acids is 2. The Labute approximate surface area is 591 Å². The number of hydrogen-bond acceptors (Lipinski definition) is 18. The van der Waals surface area contributed by atoms with Crippen LogP contribution in [0, 0.1) is 5.82 Å². The fourth-order valence-electron chi connectivity index (χ4n) is 15.0. The van der Waals surface area contributed by atoms with Crippen LogP contribution in [0.5, 0.6) is 0 Å². The lowest BCUT2D eigenvalue weighted by Gasteiger charge is -2.38. The molecule has 0 bridgehead atoms. The first-order valence-corrected chi connectivity index (χ1v) is 36.2. The third-order valence-electron chi connectivity index (χ3n) is 19.9. The minimum atomic E-state index is -0.855. The maximum atomic E-state index is 14.1. The van der Waals surface area contributed by atoms with Crippen molar-refractivity contribution in [3.63, 3.8) is 0 Å². The molecule has 28 heteroatoms. The van der Waals surface area contributed by atoms with Gasteiger partial charge in [0.2, 0.25) is 0 Å². The van der Waals surface area contributed by atoms with E-state index in [2.05, 4.69) is 46.3 Å². The second kappa shape index (κ2) is 29.0. The SMILES string of the molecule is CCOC(=O)C1=C(CN2CCN3C(=O)N(c4ccc(C5(C(=O)O)CCCC5)cc4)C[C@@H]3C2)NC(c2nccs2)=N[C@H]1c1ccc(Cl)cc1Cl.CCOC(=O)C1=C(CN2CCN3C(=O)N(c4ccc(C5(C(=O)O)CCCC5)cc4)C[C@@H]3C2)NC(c2nccs2)=N[C@H]1c1ccc(F)cc1Br. The van der Waals surface area contributed by atoms with Crippen molar-refractivity contribution in [2.24, 2.45) is 9.98 Å². The number of urea groups is 2. The van der Waals surface area contributed by atoms with Gasteiger partial charge in [0.1, 0.15) is 17.9 Å². The summed E-state index contributed by atoms with van der Waals surface area (Å²) in [7, 11) is 0. The van der Waals surface area contributed by atoms with Crippen LogP contribution in [-0.4, -0.2) is 178 Å². The maximum absolute atomic E-state index is 14.1. The summed E-state index contributed by atoms with van der Waals surface area (Å²) in [6.07, 6.45) is 9.47. The van der Waals surface area contributed by atoms with E-state index >= 15 is 0 Å². The molecule has 2 saturated carbocycles. The second-order valence-corrected chi connectivity index (χ2v) is 29.0. The van der Waals surface area contributed by atoms with E-state index in [4.69, 9.17) is 42.7 Å². The number of carbonyl (C=O) groups is 6. The zero-order valence-electron chi connectivity index (χ0n) is 53.8. The fourth-order valence-corrected chi connectivity index (χ4v) is 17.2. The van der Waals surface area contributed by atoms with Crippen LogP contribution in [0.2, 0.25) is 10.0 Å². The molecule has 2 aliphatic carbocycles. The molecule has 4 aromatic carbocycles. The molecule has 4 amide bonds. The molecule has 0 unspecified atom stereocenters. The van der Waals surface area contributed by atoms with Crippen molar-refractivity contribution in [2.75, 3.05) is 88.5 Å². The van der Waals surface area contributed by atoms with Gasteiger partial charge in [0, 0.05) is 131 Å². The number of aromatic nitrogens is 2. The van der Waals surface area contributed by atoms with Crippen LogP contribution in [0.3, 0.4) is 0 Å². The number of esters is 2. The van der Waals surface area contributed by atoms with Crippen LogP contribution in [0.25, 0.3) is 0 Å². The van der Waals surface area contributed by atoms with Crippen LogP contribution in [-0.2, 0) is 39.5 Å². The number of amidine groups is 2. The summed E-state index contributed by atoms with van der Waals surface area (Å²) in [5.41, 5.74) is 4.56. The predicted molar refractivity (Wildman–Crippen MR) is 375 cm³/mol. The normalized spacial score (nSPS) is 22.2. The van der Waals surface area contributed by atoms with Gasteiger partial charge in [-0.05, 0) is 105 Å². The molecule has 98 heavy (non-hydrogen) atoms. The highest BCUT2D eigenvalue weighted by Gasteiger charge is 2.48. The molecular formula is C70H72BrCl2FN12O10S2. The third kappa shape index (κ3) is 13.5. The molecule has 0 radical (unpaired) electrons. The lowest BCUT2D eigenvalue weighted by atomic mass is 9.79. The summed E-state index contributed by atoms with van der Waals surface area (Å²) >= 11 is 19.2. The van der Waals surface area contributed by atoms with Gasteiger partial charge in [-0.1, -0.05) is 101 Å². The highest BCUT2D eigenvalue weighted by Crippen LogP contribution is 2.45. The lowest BCUT2D eigenvalue weighted by Crippen LogP contribution is -2.53. The summed E-state index contributed by atoms with van der Waals surface area (Å²) in [4.78, 5) is 109. The van der Waals surface area contributed by atoms with E-state index < -0.39 is 52.6 Å². The van der Waals surface area contributed by atoms with Crippen molar-refractivity contribution < 1.29 is 52.8 Å². The van der Waals surface area contributed by atoms with Crippen LogP contribution in [0.15, 0.2) is 145 Å². The summed E-state index contributed by atoms with van der Waals surface area (Å²) < 4.78 is 25.7. The van der Waals surface area contributed by atoms with Crippen LogP contribution in [0.4, 0.5) is 25.4 Å². The number of fused-ring (bicyclic) bond motifs is 2. The Morgan fingerprint density at radius 2 is 1.05 bits per heavy atom. The van der Waals surface area contributed by atoms with E-state index in [1.165, 1.54) is 34.8 Å². The average Bonchev–Trinajstić information content (AvgIpc) is 0.874. The topological polar surface area (TPSA) is 255 Å². The number of benzene rings is 4. The van der Waals surface area contributed by atoms with Gasteiger partial charge in [0.05, 0.1) is 47.3 Å². The van der Waals surface area contributed by atoms with E-state index in [0.29, 0.717) is 161 Å². The molecule has 22 nitrogen and oxygen atoms in total. The molecule has 4 saturated heterocycles. The number of carboxylic acid groups (broad SMARTS) is 2. The highest BCUT2D eigenvalue weighted by atomic mass is 79.9. The molecule has 512 valence electrons. The lowest BCUT2D eigenvalue weighted by molar-refractivity contribution is -0.144. The largest absolute Gasteiger partial charge is 0.481 e. The van der Waals surface area contributed by atoms with Gasteiger partial charge in [-0.25, -0.2) is 33.5 Å². The third-order valence-corrected chi connectivity index (χ3v) is 22.7.